The van der Waals surface area contributed by atoms with E-state index in [4.69, 9.17) is 0 Å². The lowest BCUT2D eigenvalue weighted by Gasteiger charge is -2.15. The monoisotopic (exact) mass is 418 g/mol. The zero-order valence-electron chi connectivity index (χ0n) is 17.0. The van der Waals surface area contributed by atoms with Crippen LogP contribution in [0.15, 0.2) is 58.5 Å². The van der Waals surface area contributed by atoms with Gasteiger partial charge in [0.15, 0.2) is 5.16 Å². The lowest BCUT2D eigenvalue weighted by molar-refractivity contribution is -0.119. The number of nitriles is 1. The average Bonchev–Trinajstić information content (AvgIpc) is 2.74. The number of hydrogen-bond acceptors (Lipinski definition) is 5. The van der Waals surface area contributed by atoms with E-state index in [-0.39, 0.29) is 23.3 Å². The molecule has 1 aromatic heterocycles. The number of amides is 1. The zero-order chi connectivity index (χ0) is 21.7. The van der Waals surface area contributed by atoms with Crippen molar-refractivity contribution in [2.45, 2.75) is 32.0 Å². The molecule has 3 rings (SSSR count). The molecule has 0 aliphatic carbocycles. The molecule has 0 bridgehead atoms. The van der Waals surface area contributed by atoms with Crippen LogP contribution in [0, 0.1) is 25.2 Å². The highest BCUT2D eigenvalue weighted by molar-refractivity contribution is 7.99. The Balaban J connectivity index is 1.71. The summed E-state index contributed by atoms with van der Waals surface area (Å²) in [5.74, 6) is -0.0721. The molecular weight excluding hydrogens is 396 g/mol. The minimum absolute atomic E-state index is 0.0432. The number of thioether (sulfide) groups is 1. The smallest absolute Gasteiger partial charge is 0.270 e. The molecule has 2 aromatic carbocycles. The molecular formula is C23H22N4O2S. The van der Waals surface area contributed by atoms with Gasteiger partial charge in [-0.1, -0.05) is 60.3 Å². The predicted molar refractivity (Wildman–Crippen MR) is 118 cm³/mol. The second kappa shape index (κ2) is 9.42. The van der Waals surface area contributed by atoms with Crippen molar-refractivity contribution in [2.75, 3.05) is 5.75 Å². The van der Waals surface area contributed by atoms with Crippen LogP contribution < -0.4 is 10.9 Å². The highest BCUT2D eigenvalue weighted by Gasteiger charge is 2.15. The van der Waals surface area contributed by atoms with Gasteiger partial charge in [0.1, 0.15) is 11.6 Å². The van der Waals surface area contributed by atoms with Gasteiger partial charge in [-0.3, -0.25) is 9.59 Å². The van der Waals surface area contributed by atoms with E-state index in [0.717, 1.165) is 17.3 Å². The van der Waals surface area contributed by atoms with E-state index in [9.17, 15) is 14.9 Å². The second-order valence-corrected chi connectivity index (χ2v) is 7.96. The van der Waals surface area contributed by atoms with Crippen LogP contribution in [-0.2, 0) is 4.79 Å². The van der Waals surface area contributed by atoms with Gasteiger partial charge in [0.2, 0.25) is 5.91 Å². The summed E-state index contributed by atoms with van der Waals surface area (Å²) in [7, 11) is 0. The number of carbonyl (C=O) groups is 1. The van der Waals surface area contributed by atoms with Gasteiger partial charge in [0, 0.05) is 5.56 Å². The maximum absolute atomic E-state index is 12.4. The van der Waals surface area contributed by atoms with E-state index < -0.39 is 5.56 Å². The fourth-order valence-corrected chi connectivity index (χ4v) is 3.64. The molecule has 0 fully saturated rings. The van der Waals surface area contributed by atoms with Crippen LogP contribution in [0.25, 0.3) is 11.3 Å². The Labute approximate surface area is 179 Å². The summed E-state index contributed by atoms with van der Waals surface area (Å²) in [6.45, 7) is 6.02. The normalized spacial score (nSPS) is 11.5. The molecule has 0 unspecified atom stereocenters. The van der Waals surface area contributed by atoms with Crippen LogP contribution in [0.2, 0.25) is 0 Å². The third-order valence-electron chi connectivity index (χ3n) is 4.81. The average molecular weight is 419 g/mol. The fourth-order valence-electron chi connectivity index (χ4n) is 2.96. The molecule has 0 aliphatic heterocycles. The van der Waals surface area contributed by atoms with Gasteiger partial charge in [-0.15, -0.1) is 0 Å². The maximum atomic E-state index is 12.4. The van der Waals surface area contributed by atoms with Crippen LogP contribution in [0.3, 0.4) is 0 Å². The van der Waals surface area contributed by atoms with Crippen LogP contribution in [0.5, 0.6) is 0 Å². The number of H-pyrrole nitrogens is 1. The molecule has 1 amide bonds. The van der Waals surface area contributed by atoms with Crippen molar-refractivity contribution in [3.8, 4) is 17.3 Å². The molecule has 0 radical (unpaired) electrons. The third kappa shape index (κ3) is 4.97. The fraction of sp³-hybridized carbons (Fsp3) is 0.217. The van der Waals surface area contributed by atoms with Crippen molar-refractivity contribution in [3.63, 3.8) is 0 Å². The van der Waals surface area contributed by atoms with Gasteiger partial charge >= 0.3 is 0 Å². The Kier molecular flexibility index (Phi) is 6.70. The van der Waals surface area contributed by atoms with Crippen molar-refractivity contribution in [3.05, 3.63) is 81.1 Å². The second-order valence-electron chi connectivity index (χ2n) is 6.99. The molecule has 1 atom stereocenters. The molecule has 1 heterocycles. The van der Waals surface area contributed by atoms with Gasteiger partial charge < -0.3 is 10.3 Å². The quantitative estimate of drug-likeness (QED) is 0.467. The zero-order valence-corrected chi connectivity index (χ0v) is 17.8. The van der Waals surface area contributed by atoms with Gasteiger partial charge in [0.05, 0.1) is 17.5 Å². The highest BCUT2D eigenvalue weighted by atomic mass is 32.2. The summed E-state index contributed by atoms with van der Waals surface area (Å²) >= 11 is 1.13. The van der Waals surface area contributed by atoms with E-state index in [0.29, 0.717) is 16.4 Å². The first kappa shape index (κ1) is 21.3. The summed E-state index contributed by atoms with van der Waals surface area (Å²) in [5.41, 5.74) is 3.85. The first-order valence-electron chi connectivity index (χ1n) is 9.48. The van der Waals surface area contributed by atoms with Crippen molar-refractivity contribution in [1.29, 1.82) is 5.26 Å². The largest absolute Gasteiger partial charge is 0.349 e. The van der Waals surface area contributed by atoms with Crippen molar-refractivity contribution < 1.29 is 4.79 Å². The minimum Gasteiger partial charge on any atom is -0.349 e. The third-order valence-corrected chi connectivity index (χ3v) is 5.68. The summed E-state index contributed by atoms with van der Waals surface area (Å²) in [4.78, 5) is 31.7. The van der Waals surface area contributed by atoms with Crippen molar-refractivity contribution in [2.24, 2.45) is 0 Å². The standard InChI is InChI=1S/C23H22N4O2S/c1-14-9-10-18(11-15(14)2)16(3)25-20(28)13-30-23-26-21(17-7-5-4-6-8-17)19(12-24)22(29)27-23/h4-11,16H,13H2,1-3H3,(H,25,28)(H,26,27,29)/t16-/m0/s1. The molecule has 30 heavy (non-hydrogen) atoms. The first-order valence-corrected chi connectivity index (χ1v) is 10.5. The van der Waals surface area contributed by atoms with Crippen molar-refractivity contribution in [1.82, 2.24) is 15.3 Å². The molecule has 0 saturated heterocycles. The molecule has 3 aromatic rings. The Hall–Kier alpha value is -3.37. The van der Waals surface area contributed by atoms with E-state index in [1.807, 2.05) is 57.2 Å². The Bertz CT molecular complexity index is 1170. The molecule has 6 nitrogen and oxygen atoms in total. The number of aryl methyl sites for hydroxylation is 2. The number of nitrogens with one attached hydrogen (secondary N) is 2. The van der Waals surface area contributed by atoms with Gasteiger partial charge in [-0.25, -0.2) is 4.98 Å². The Morgan fingerprint density at radius 1 is 1.20 bits per heavy atom. The van der Waals surface area contributed by atoms with E-state index in [2.05, 4.69) is 21.4 Å². The number of aromatic nitrogens is 2. The maximum Gasteiger partial charge on any atom is 0.270 e. The molecule has 0 saturated carbocycles. The SMILES string of the molecule is Cc1ccc([C@H](C)NC(=O)CSc2nc(-c3ccccc3)c(C#N)c(=O)[nH]2)cc1C. The van der Waals surface area contributed by atoms with E-state index >= 15 is 0 Å². The van der Waals surface area contributed by atoms with Gasteiger partial charge in [-0.05, 0) is 37.5 Å². The Morgan fingerprint density at radius 3 is 2.60 bits per heavy atom. The van der Waals surface area contributed by atoms with Crippen LogP contribution in [-0.4, -0.2) is 21.6 Å². The number of rotatable bonds is 6. The van der Waals surface area contributed by atoms with Crippen molar-refractivity contribution >= 4 is 17.7 Å². The highest BCUT2D eigenvalue weighted by Crippen LogP contribution is 2.22. The molecule has 0 spiro atoms. The van der Waals surface area contributed by atoms with Crippen LogP contribution >= 0.6 is 11.8 Å². The lowest BCUT2D eigenvalue weighted by Crippen LogP contribution is -2.28. The van der Waals surface area contributed by atoms with Crippen LogP contribution in [0.4, 0.5) is 0 Å². The number of aromatic amines is 1. The number of hydrogen-bond donors (Lipinski definition) is 2. The minimum atomic E-state index is -0.516. The number of benzene rings is 2. The lowest BCUT2D eigenvalue weighted by atomic mass is 10.0. The molecule has 0 aliphatic rings. The van der Waals surface area contributed by atoms with Gasteiger partial charge in [-0.2, -0.15) is 5.26 Å². The topological polar surface area (TPSA) is 98.6 Å². The summed E-state index contributed by atoms with van der Waals surface area (Å²) < 4.78 is 0. The summed E-state index contributed by atoms with van der Waals surface area (Å²) in [6.07, 6.45) is 0. The molecule has 2 N–H and O–H groups in total. The van der Waals surface area contributed by atoms with E-state index in [1.54, 1.807) is 12.1 Å². The number of nitrogens with zero attached hydrogens (tertiary/aromatic N) is 2. The summed E-state index contributed by atoms with van der Waals surface area (Å²) in [5, 5.41) is 12.6. The van der Waals surface area contributed by atoms with Gasteiger partial charge in [0.25, 0.3) is 5.56 Å². The molecule has 152 valence electrons. The first-order chi connectivity index (χ1) is 14.4. The Morgan fingerprint density at radius 2 is 1.93 bits per heavy atom. The van der Waals surface area contributed by atoms with Crippen LogP contribution in [0.1, 0.15) is 35.2 Å². The molecule has 7 heteroatoms. The summed E-state index contributed by atoms with van der Waals surface area (Å²) in [6, 6.07) is 16.9. The predicted octanol–water partition coefficient (Wildman–Crippen LogP) is 3.89. The van der Waals surface area contributed by atoms with E-state index in [1.165, 1.54) is 11.1 Å². The number of carbonyl (C=O) groups excluding carboxylic acids is 1.